The fourth-order valence-corrected chi connectivity index (χ4v) is 3.10. The molecule has 148 valence electrons. The highest BCUT2D eigenvalue weighted by molar-refractivity contribution is 5.92. The number of anilines is 1. The SMILES string of the molecule is C=c1c(OCC)nn2nc(-c3ccc(NC(=O)C(CC)CCCC)cc3)nc12. The lowest BCUT2D eigenvalue weighted by Gasteiger charge is -2.14. The lowest BCUT2D eigenvalue weighted by Crippen LogP contribution is -2.22. The van der Waals surface area contributed by atoms with Crippen molar-refractivity contribution in [3.8, 4) is 17.3 Å². The zero-order valence-corrected chi connectivity index (χ0v) is 16.7. The molecule has 1 aromatic carbocycles. The maximum atomic E-state index is 12.4. The summed E-state index contributed by atoms with van der Waals surface area (Å²) in [5, 5.41) is 12.3. The monoisotopic (exact) mass is 381 g/mol. The number of ether oxygens (including phenoxy) is 1. The van der Waals surface area contributed by atoms with E-state index in [9.17, 15) is 4.79 Å². The van der Waals surface area contributed by atoms with Gasteiger partial charge in [0.15, 0.2) is 11.5 Å². The summed E-state index contributed by atoms with van der Waals surface area (Å²) in [6.45, 7) is 10.6. The zero-order valence-electron chi connectivity index (χ0n) is 16.7. The molecule has 0 aliphatic carbocycles. The number of hydrogen-bond acceptors (Lipinski definition) is 5. The van der Waals surface area contributed by atoms with Crippen LogP contribution in [0.2, 0.25) is 0 Å². The van der Waals surface area contributed by atoms with E-state index in [0.29, 0.717) is 29.2 Å². The van der Waals surface area contributed by atoms with Gasteiger partial charge in [0, 0.05) is 17.2 Å². The predicted molar refractivity (Wildman–Crippen MR) is 110 cm³/mol. The van der Waals surface area contributed by atoms with E-state index in [4.69, 9.17) is 4.74 Å². The average Bonchev–Trinajstić information content (AvgIpc) is 3.23. The van der Waals surface area contributed by atoms with Gasteiger partial charge in [0.05, 0.1) is 11.8 Å². The number of fused-ring (bicyclic) bond motifs is 1. The van der Waals surface area contributed by atoms with Gasteiger partial charge in [-0.2, -0.15) is 0 Å². The normalized spacial score (nSPS) is 12.2. The van der Waals surface area contributed by atoms with Gasteiger partial charge in [-0.1, -0.05) is 33.3 Å². The Morgan fingerprint density at radius 1 is 1.21 bits per heavy atom. The Hall–Kier alpha value is -2.96. The molecule has 1 amide bonds. The number of rotatable bonds is 9. The molecule has 0 bridgehead atoms. The van der Waals surface area contributed by atoms with Crippen LogP contribution in [0.15, 0.2) is 24.3 Å². The molecule has 1 N–H and O–H groups in total. The fraction of sp³-hybridized carbons (Fsp3) is 0.429. The summed E-state index contributed by atoms with van der Waals surface area (Å²) in [5.74, 6) is 1.15. The summed E-state index contributed by atoms with van der Waals surface area (Å²) in [7, 11) is 0. The van der Waals surface area contributed by atoms with E-state index in [1.807, 2.05) is 31.2 Å². The van der Waals surface area contributed by atoms with Crippen molar-refractivity contribution in [3.05, 3.63) is 29.5 Å². The Labute approximate surface area is 164 Å². The third kappa shape index (κ3) is 4.13. The number of carbonyl (C=O) groups is 1. The van der Waals surface area contributed by atoms with Crippen molar-refractivity contribution in [2.45, 2.75) is 46.5 Å². The van der Waals surface area contributed by atoms with Gasteiger partial charge in [0.1, 0.15) is 0 Å². The fourth-order valence-electron chi connectivity index (χ4n) is 3.10. The van der Waals surface area contributed by atoms with Crippen LogP contribution in [0.5, 0.6) is 5.88 Å². The van der Waals surface area contributed by atoms with Crippen LogP contribution in [-0.2, 0) is 4.79 Å². The molecule has 0 spiro atoms. The van der Waals surface area contributed by atoms with E-state index in [1.54, 1.807) is 0 Å². The third-order valence-corrected chi connectivity index (χ3v) is 4.77. The quantitative estimate of drug-likeness (QED) is 0.614. The van der Waals surface area contributed by atoms with Gasteiger partial charge in [-0.15, -0.1) is 14.8 Å². The molecule has 3 rings (SSSR count). The van der Waals surface area contributed by atoms with Crippen LogP contribution < -0.4 is 15.3 Å². The molecule has 0 radical (unpaired) electrons. The molecular formula is C21H27N5O2. The van der Waals surface area contributed by atoms with Crippen LogP contribution in [0.25, 0.3) is 23.6 Å². The number of amides is 1. The highest BCUT2D eigenvalue weighted by atomic mass is 16.5. The number of carbonyl (C=O) groups excluding carboxylic acids is 1. The largest absolute Gasteiger partial charge is 0.476 e. The second kappa shape index (κ2) is 8.82. The Bertz CT molecular complexity index is 981. The smallest absolute Gasteiger partial charge is 0.244 e. The highest BCUT2D eigenvalue weighted by Gasteiger charge is 2.17. The van der Waals surface area contributed by atoms with Gasteiger partial charge in [0.25, 0.3) is 0 Å². The molecule has 7 nitrogen and oxygen atoms in total. The molecule has 0 aliphatic rings. The van der Waals surface area contributed by atoms with Crippen molar-refractivity contribution in [2.24, 2.45) is 5.92 Å². The topological polar surface area (TPSA) is 81.4 Å². The number of benzene rings is 1. The zero-order chi connectivity index (χ0) is 20.1. The van der Waals surface area contributed by atoms with Gasteiger partial charge in [-0.3, -0.25) is 4.79 Å². The number of nitrogens with zero attached hydrogens (tertiary/aromatic N) is 4. The summed E-state index contributed by atoms with van der Waals surface area (Å²) >= 11 is 0. The molecule has 0 fully saturated rings. The maximum absolute atomic E-state index is 12.4. The van der Waals surface area contributed by atoms with Crippen LogP contribution >= 0.6 is 0 Å². The summed E-state index contributed by atoms with van der Waals surface area (Å²) < 4.78 is 6.86. The molecule has 0 saturated heterocycles. The molecule has 28 heavy (non-hydrogen) atoms. The van der Waals surface area contributed by atoms with E-state index in [0.717, 1.165) is 36.9 Å². The van der Waals surface area contributed by atoms with Gasteiger partial charge in [-0.05, 0) is 44.0 Å². The number of aromatic nitrogens is 4. The molecule has 2 heterocycles. The first-order valence-electron chi connectivity index (χ1n) is 9.87. The Kier molecular flexibility index (Phi) is 6.23. The van der Waals surface area contributed by atoms with Crippen LogP contribution in [0.1, 0.15) is 46.5 Å². The Balaban J connectivity index is 1.72. The first-order valence-corrected chi connectivity index (χ1v) is 9.87. The van der Waals surface area contributed by atoms with Crippen molar-refractivity contribution < 1.29 is 9.53 Å². The predicted octanol–water partition coefficient (Wildman–Crippen LogP) is 3.47. The second-order valence-corrected chi connectivity index (χ2v) is 6.78. The molecule has 2 aromatic heterocycles. The molecule has 1 atom stereocenters. The summed E-state index contributed by atoms with van der Waals surface area (Å²) in [6, 6.07) is 7.53. The minimum atomic E-state index is 0.0563. The molecule has 3 aromatic rings. The summed E-state index contributed by atoms with van der Waals surface area (Å²) in [4.78, 5) is 17.0. The minimum Gasteiger partial charge on any atom is -0.476 e. The van der Waals surface area contributed by atoms with E-state index in [1.165, 1.54) is 4.63 Å². The van der Waals surface area contributed by atoms with Gasteiger partial charge < -0.3 is 10.1 Å². The van der Waals surface area contributed by atoms with Gasteiger partial charge >= 0.3 is 0 Å². The van der Waals surface area contributed by atoms with Crippen LogP contribution in [0.4, 0.5) is 5.69 Å². The number of unbranched alkanes of at least 4 members (excludes halogenated alkanes) is 1. The van der Waals surface area contributed by atoms with E-state index in [-0.39, 0.29) is 11.8 Å². The van der Waals surface area contributed by atoms with E-state index in [2.05, 4.69) is 40.9 Å². The Morgan fingerprint density at radius 3 is 2.57 bits per heavy atom. The maximum Gasteiger partial charge on any atom is 0.244 e. The van der Waals surface area contributed by atoms with Crippen molar-refractivity contribution in [3.63, 3.8) is 0 Å². The average molecular weight is 381 g/mol. The van der Waals surface area contributed by atoms with Crippen molar-refractivity contribution in [1.82, 2.24) is 19.8 Å². The molecular weight excluding hydrogens is 354 g/mol. The first kappa shape index (κ1) is 19.8. The number of nitrogens with one attached hydrogen (secondary N) is 1. The Morgan fingerprint density at radius 2 is 1.96 bits per heavy atom. The summed E-state index contributed by atoms with van der Waals surface area (Å²) in [5.41, 5.74) is 2.20. The molecule has 7 heteroatoms. The van der Waals surface area contributed by atoms with Crippen molar-refractivity contribution in [1.29, 1.82) is 0 Å². The van der Waals surface area contributed by atoms with Crippen LogP contribution in [0.3, 0.4) is 0 Å². The van der Waals surface area contributed by atoms with Crippen LogP contribution in [0, 0.1) is 5.92 Å². The molecule has 1 unspecified atom stereocenters. The molecule has 0 aliphatic heterocycles. The number of hydrogen-bond donors (Lipinski definition) is 1. The van der Waals surface area contributed by atoms with E-state index >= 15 is 0 Å². The second-order valence-electron chi connectivity index (χ2n) is 6.78. The minimum absolute atomic E-state index is 0.0563. The van der Waals surface area contributed by atoms with Gasteiger partial charge in [0.2, 0.25) is 11.8 Å². The van der Waals surface area contributed by atoms with E-state index < -0.39 is 0 Å². The lowest BCUT2D eigenvalue weighted by molar-refractivity contribution is -0.120. The van der Waals surface area contributed by atoms with Crippen molar-refractivity contribution in [2.75, 3.05) is 11.9 Å². The van der Waals surface area contributed by atoms with Gasteiger partial charge in [-0.25, -0.2) is 4.98 Å². The lowest BCUT2D eigenvalue weighted by atomic mass is 9.98. The summed E-state index contributed by atoms with van der Waals surface area (Å²) in [6.07, 6.45) is 3.94. The third-order valence-electron chi connectivity index (χ3n) is 4.77. The first-order chi connectivity index (χ1) is 13.6. The standard InChI is InChI=1S/C21H27N5O2/c1-5-8-9-15(6-2)20(27)22-17-12-10-16(11-13-17)18-23-19-14(4)21(28-7-3)25-26(19)24-18/h10-13,15H,4-9H2,1-3H3,(H,22,27). The van der Waals surface area contributed by atoms with Crippen LogP contribution in [-0.4, -0.2) is 32.3 Å². The highest BCUT2D eigenvalue weighted by Crippen LogP contribution is 2.21. The van der Waals surface area contributed by atoms with Crippen molar-refractivity contribution >= 4 is 23.8 Å². The molecule has 0 saturated carbocycles.